The van der Waals surface area contributed by atoms with E-state index in [-0.39, 0.29) is 0 Å². The summed E-state index contributed by atoms with van der Waals surface area (Å²) in [6.07, 6.45) is 3.41. The van der Waals surface area contributed by atoms with Crippen molar-refractivity contribution in [1.29, 1.82) is 0 Å². The minimum atomic E-state index is 0.307. The van der Waals surface area contributed by atoms with Gasteiger partial charge in [-0.25, -0.2) is 0 Å². The van der Waals surface area contributed by atoms with Gasteiger partial charge in [-0.3, -0.25) is 0 Å². The van der Waals surface area contributed by atoms with E-state index in [2.05, 4.69) is 20.8 Å². The molecule has 90 valence electrons. The molecule has 0 saturated carbocycles. The molecule has 1 rings (SSSR count). The Morgan fingerprint density at radius 2 is 1.75 bits per heavy atom. The van der Waals surface area contributed by atoms with E-state index < -0.39 is 0 Å². The average molecular weight is 222 g/mol. The molecule has 2 nitrogen and oxygen atoms in total. The van der Waals surface area contributed by atoms with Gasteiger partial charge in [-0.1, -0.05) is 26.8 Å². The maximum absolute atomic E-state index is 5.85. The number of benzene rings is 1. The normalized spacial score (nSPS) is 10.5. The summed E-state index contributed by atoms with van der Waals surface area (Å²) in [4.78, 5) is 0. The van der Waals surface area contributed by atoms with Gasteiger partial charge in [-0.15, -0.1) is 0 Å². The number of hydrogen-bond acceptors (Lipinski definition) is 2. The van der Waals surface area contributed by atoms with Crippen molar-refractivity contribution in [1.82, 2.24) is 0 Å². The monoisotopic (exact) mass is 222 g/mol. The van der Waals surface area contributed by atoms with Gasteiger partial charge in [0.15, 0.2) is 0 Å². The summed E-state index contributed by atoms with van der Waals surface area (Å²) >= 11 is 0. The van der Waals surface area contributed by atoms with Crippen LogP contribution in [0.5, 0.6) is 11.5 Å². The van der Waals surface area contributed by atoms with Gasteiger partial charge in [0.1, 0.15) is 11.5 Å². The summed E-state index contributed by atoms with van der Waals surface area (Å²) in [6, 6.07) is 7.89. The fourth-order valence-electron chi connectivity index (χ4n) is 1.51. The van der Waals surface area contributed by atoms with Crippen LogP contribution in [0, 0.1) is 0 Å². The Hall–Kier alpha value is -1.18. The summed E-state index contributed by atoms with van der Waals surface area (Å²) in [5, 5.41) is 0. The highest BCUT2D eigenvalue weighted by atomic mass is 16.5. The minimum absolute atomic E-state index is 0.307. The Balaban J connectivity index is 2.59. The molecule has 0 aromatic heterocycles. The molecule has 0 aliphatic carbocycles. The first kappa shape index (κ1) is 12.9. The predicted molar refractivity (Wildman–Crippen MR) is 67.2 cm³/mol. The molecule has 0 aliphatic rings. The Kier molecular flexibility index (Phi) is 5.76. The van der Waals surface area contributed by atoms with E-state index in [1.54, 1.807) is 0 Å². The van der Waals surface area contributed by atoms with Crippen molar-refractivity contribution in [3.63, 3.8) is 0 Å². The van der Waals surface area contributed by atoms with Crippen LogP contribution in [0.1, 0.15) is 40.0 Å². The van der Waals surface area contributed by atoms with Crippen LogP contribution in [-0.2, 0) is 0 Å². The summed E-state index contributed by atoms with van der Waals surface area (Å²) in [5.74, 6) is 1.80. The third kappa shape index (κ3) is 4.13. The van der Waals surface area contributed by atoms with Crippen LogP contribution in [0.25, 0.3) is 0 Å². The fraction of sp³-hybridized carbons (Fsp3) is 0.571. The molecule has 0 N–H and O–H groups in total. The lowest BCUT2D eigenvalue weighted by atomic mass is 10.2. The molecule has 0 radical (unpaired) electrons. The maximum Gasteiger partial charge on any atom is 0.123 e. The Labute approximate surface area is 98.6 Å². The SMILES string of the molecule is CCCOc1cccc(OC(CC)CC)c1. The van der Waals surface area contributed by atoms with E-state index in [0.29, 0.717) is 6.10 Å². The average Bonchev–Trinajstić information content (AvgIpc) is 2.34. The molecule has 0 aliphatic heterocycles. The lowest BCUT2D eigenvalue weighted by molar-refractivity contribution is 0.191. The Morgan fingerprint density at radius 1 is 1.06 bits per heavy atom. The second-order valence-corrected chi connectivity index (χ2v) is 3.88. The van der Waals surface area contributed by atoms with Gasteiger partial charge in [0, 0.05) is 6.07 Å². The van der Waals surface area contributed by atoms with Crippen LogP contribution in [0.3, 0.4) is 0 Å². The lowest BCUT2D eigenvalue weighted by Crippen LogP contribution is -2.13. The van der Waals surface area contributed by atoms with Gasteiger partial charge >= 0.3 is 0 Å². The molecule has 0 unspecified atom stereocenters. The zero-order valence-electron chi connectivity index (χ0n) is 10.5. The van der Waals surface area contributed by atoms with Crippen molar-refractivity contribution >= 4 is 0 Å². The molecule has 0 amide bonds. The first-order chi connectivity index (χ1) is 7.80. The van der Waals surface area contributed by atoms with E-state index >= 15 is 0 Å². The highest BCUT2D eigenvalue weighted by molar-refractivity contribution is 5.33. The summed E-state index contributed by atoms with van der Waals surface area (Å²) < 4.78 is 11.4. The molecular formula is C14H22O2. The van der Waals surface area contributed by atoms with E-state index in [1.165, 1.54) is 0 Å². The Morgan fingerprint density at radius 3 is 2.38 bits per heavy atom. The van der Waals surface area contributed by atoms with Crippen molar-refractivity contribution in [3.8, 4) is 11.5 Å². The molecule has 0 heterocycles. The highest BCUT2D eigenvalue weighted by Crippen LogP contribution is 2.21. The largest absolute Gasteiger partial charge is 0.493 e. The van der Waals surface area contributed by atoms with Crippen LogP contribution < -0.4 is 9.47 Å². The smallest absolute Gasteiger partial charge is 0.123 e. The van der Waals surface area contributed by atoms with Crippen molar-refractivity contribution in [2.24, 2.45) is 0 Å². The van der Waals surface area contributed by atoms with Crippen molar-refractivity contribution < 1.29 is 9.47 Å². The first-order valence-electron chi connectivity index (χ1n) is 6.19. The molecule has 0 fully saturated rings. The maximum atomic E-state index is 5.85. The van der Waals surface area contributed by atoms with Crippen LogP contribution in [0.15, 0.2) is 24.3 Å². The van der Waals surface area contributed by atoms with Gasteiger partial charge in [-0.05, 0) is 31.4 Å². The van der Waals surface area contributed by atoms with Crippen LogP contribution in [0.4, 0.5) is 0 Å². The molecular weight excluding hydrogens is 200 g/mol. The van der Waals surface area contributed by atoms with E-state index in [4.69, 9.17) is 9.47 Å². The third-order valence-electron chi connectivity index (χ3n) is 2.49. The van der Waals surface area contributed by atoms with Crippen LogP contribution in [0.2, 0.25) is 0 Å². The van der Waals surface area contributed by atoms with Crippen molar-refractivity contribution in [2.75, 3.05) is 6.61 Å². The molecule has 0 saturated heterocycles. The standard InChI is InChI=1S/C14H22O2/c1-4-10-15-13-8-7-9-14(11-13)16-12(5-2)6-3/h7-9,11-12H,4-6,10H2,1-3H3. The van der Waals surface area contributed by atoms with Gasteiger partial charge in [0.05, 0.1) is 12.7 Å². The molecule has 0 spiro atoms. The topological polar surface area (TPSA) is 18.5 Å². The second kappa shape index (κ2) is 7.15. The summed E-state index contributed by atoms with van der Waals surface area (Å²) in [7, 11) is 0. The highest BCUT2D eigenvalue weighted by Gasteiger charge is 2.05. The molecule has 16 heavy (non-hydrogen) atoms. The number of hydrogen-bond donors (Lipinski definition) is 0. The zero-order chi connectivity index (χ0) is 11.8. The number of ether oxygens (including phenoxy) is 2. The predicted octanol–water partition coefficient (Wildman–Crippen LogP) is 4.04. The third-order valence-corrected chi connectivity index (χ3v) is 2.49. The van der Waals surface area contributed by atoms with Gasteiger partial charge in [0.25, 0.3) is 0 Å². The summed E-state index contributed by atoms with van der Waals surface area (Å²) in [5.41, 5.74) is 0. The van der Waals surface area contributed by atoms with Gasteiger partial charge in [-0.2, -0.15) is 0 Å². The molecule has 0 atom stereocenters. The van der Waals surface area contributed by atoms with Gasteiger partial charge in [0.2, 0.25) is 0 Å². The van der Waals surface area contributed by atoms with E-state index in [9.17, 15) is 0 Å². The lowest BCUT2D eigenvalue weighted by Gasteiger charge is -2.16. The van der Waals surface area contributed by atoms with E-state index in [0.717, 1.165) is 37.4 Å². The second-order valence-electron chi connectivity index (χ2n) is 3.88. The van der Waals surface area contributed by atoms with E-state index in [1.807, 2.05) is 24.3 Å². The summed E-state index contributed by atoms with van der Waals surface area (Å²) in [6.45, 7) is 7.15. The van der Waals surface area contributed by atoms with Crippen LogP contribution >= 0.6 is 0 Å². The Bertz CT molecular complexity index is 293. The molecule has 0 bridgehead atoms. The zero-order valence-corrected chi connectivity index (χ0v) is 10.5. The molecule has 2 heteroatoms. The number of rotatable bonds is 7. The van der Waals surface area contributed by atoms with Crippen LogP contribution in [-0.4, -0.2) is 12.7 Å². The fourth-order valence-corrected chi connectivity index (χ4v) is 1.51. The minimum Gasteiger partial charge on any atom is -0.493 e. The quantitative estimate of drug-likeness (QED) is 0.693. The van der Waals surface area contributed by atoms with Crippen molar-refractivity contribution in [2.45, 2.75) is 46.1 Å². The first-order valence-corrected chi connectivity index (χ1v) is 6.19. The molecule has 1 aromatic rings. The van der Waals surface area contributed by atoms with Crippen molar-refractivity contribution in [3.05, 3.63) is 24.3 Å². The molecule has 1 aromatic carbocycles. The van der Waals surface area contributed by atoms with Gasteiger partial charge < -0.3 is 9.47 Å².